The monoisotopic (exact) mass is 308 g/mol. The van der Waals surface area contributed by atoms with E-state index in [1.165, 1.54) is 10.6 Å². The summed E-state index contributed by atoms with van der Waals surface area (Å²) in [6.07, 6.45) is 0.864. The number of fused-ring (bicyclic) bond motifs is 1. The molecule has 0 radical (unpaired) electrons. The van der Waals surface area contributed by atoms with E-state index in [4.69, 9.17) is 4.74 Å². The molecule has 0 saturated heterocycles. The van der Waals surface area contributed by atoms with Gasteiger partial charge in [0.1, 0.15) is 0 Å². The molecule has 0 aliphatic carbocycles. The second-order valence-electron chi connectivity index (χ2n) is 5.18. The van der Waals surface area contributed by atoms with Crippen molar-refractivity contribution in [1.29, 1.82) is 0 Å². The van der Waals surface area contributed by atoms with Gasteiger partial charge in [0.2, 0.25) is 5.91 Å². The van der Waals surface area contributed by atoms with Gasteiger partial charge in [0, 0.05) is 36.4 Å². The Labute approximate surface area is 131 Å². The van der Waals surface area contributed by atoms with E-state index >= 15 is 0 Å². The van der Waals surface area contributed by atoms with Gasteiger partial charge in [0.25, 0.3) is 0 Å². The lowest BCUT2D eigenvalue weighted by Crippen LogP contribution is -2.42. The molecule has 1 aliphatic heterocycles. The summed E-state index contributed by atoms with van der Waals surface area (Å²) >= 11 is 1.88. The maximum Gasteiger partial charge on any atom is 0.239 e. The van der Waals surface area contributed by atoms with Gasteiger partial charge in [0.05, 0.1) is 12.2 Å². The number of hydrogen-bond acceptors (Lipinski definition) is 4. The highest BCUT2D eigenvalue weighted by Crippen LogP contribution is 2.37. The van der Waals surface area contributed by atoms with Crippen LogP contribution >= 0.6 is 11.8 Å². The number of amides is 1. The molecule has 1 aromatic rings. The number of nitrogens with zero attached hydrogens (tertiary/aromatic N) is 1. The fourth-order valence-electron chi connectivity index (χ4n) is 2.41. The largest absolute Gasteiger partial charge is 0.382 e. The number of nitrogens with one attached hydrogen (secondary N) is 1. The molecule has 1 aromatic carbocycles. The van der Waals surface area contributed by atoms with Gasteiger partial charge in [-0.2, -0.15) is 0 Å². The van der Waals surface area contributed by atoms with Crippen LogP contribution in [0.15, 0.2) is 29.2 Å². The van der Waals surface area contributed by atoms with Crippen LogP contribution in [0.3, 0.4) is 0 Å². The molecule has 0 fully saturated rings. The minimum Gasteiger partial charge on any atom is -0.382 e. The van der Waals surface area contributed by atoms with Crippen LogP contribution in [0.25, 0.3) is 0 Å². The van der Waals surface area contributed by atoms with Crippen LogP contribution < -0.4 is 10.2 Å². The molecule has 1 N–H and O–H groups in total. The van der Waals surface area contributed by atoms with Gasteiger partial charge >= 0.3 is 0 Å². The van der Waals surface area contributed by atoms with Crippen molar-refractivity contribution < 1.29 is 9.53 Å². The van der Waals surface area contributed by atoms with Crippen LogP contribution in [-0.4, -0.2) is 44.0 Å². The highest BCUT2D eigenvalue weighted by Gasteiger charge is 2.23. The van der Waals surface area contributed by atoms with Crippen molar-refractivity contribution in [1.82, 2.24) is 5.32 Å². The van der Waals surface area contributed by atoms with Gasteiger partial charge in [-0.3, -0.25) is 4.79 Å². The summed E-state index contributed by atoms with van der Waals surface area (Å²) in [6, 6.07) is 8.30. The topological polar surface area (TPSA) is 41.6 Å². The molecule has 0 saturated carbocycles. The van der Waals surface area contributed by atoms with Crippen molar-refractivity contribution in [2.75, 3.05) is 37.7 Å². The van der Waals surface area contributed by atoms with Gasteiger partial charge in [-0.25, -0.2) is 0 Å². The Bertz CT molecular complexity index is 467. The van der Waals surface area contributed by atoms with Crippen molar-refractivity contribution in [2.24, 2.45) is 0 Å². The lowest BCUT2D eigenvalue weighted by atomic mass is 10.2. The number of thioether (sulfide) groups is 1. The molecule has 1 amide bonds. The Morgan fingerprint density at radius 3 is 3.10 bits per heavy atom. The second kappa shape index (κ2) is 8.29. The normalized spacial score (nSPS) is 17.4. The molecule has 0 aromatic heterocycles. The van der Waals surface area contributed by atoms with E-state index in [0.717, 1.165) is 19.6 Å². The van der Waals surface area contributed by atoms with Crippen molar-refractivity contribution in [3.63, 3.8) is 0 Å². The van der Waals surface area contributed by atoms with E-state index in [1.54, 1.807) is 0 Å². The van der Waals surface area contributed by atoms with Crippen molar-refractivity contribution in [3.8, 4) is 0 Å². The summed E-state index contributed by atoms with van der Waals surface area (Å²) in [6.45, 7) is 7.63. The van der Waals surface area contributed by atoms with Crippen molar-refractivity contribution >= 4 is 23.4 Å². The SMILES string of the molecule is CCOCCCNC(=O)CN1C[C@@H](C)Sc2ccccc21. The molecule has 5 heteroatoms. The molecular weight excluding hydrogens is 284 g/mol. The van der Waals surface area contributed by atoms with Gasteiger partial charge < -0.3 is 15.0 Å². The third-order valence-corrected chi connectivity index (χ3v) is 4.49. The molecule has 4 nitrogen and oxygen atoms in total. The number of carbonyl (C=O) groups excluding carboxylic acids is 1. The standard InChI is InChI=1S/C16H24N2O2S/c1-3-20-10-6-9-17-16(19)12-18-11-13(2)21-15-8-5-4-7-14(15)18/h4-5,7-8,13H,3,6,9-12H2,1-2H3,(H,17,19)/t13-/m1/s1. The first-order valence-corrected chi connectivity index (χ1v) is 8.43. The highest BCUT2D eigenvalue weighted by molar-refractivity contribution is 8.00. The average molecular weight is 308 g/mol. The third kappa shape index (κ3) is 4.93. The zero-order valence-electron chi connectivity index (χ0n) is 12.8. The summed E-state index contributed by atoms with van der Waals surface area (Å²) in [4.78, 5) is 15.5. The minimum absolute atomic E-state index is 0.0837. The number of rotatable bonds is 7. The quantitative estimate of drug-likeness (QED) is 0.786. The van der Waals surface area contributed by atoms with Crippen LogP contribution in [0.4, 0.5) is 5.69 Å². The zero-order valence-corrected chi connectivity index (χ0v) is 13.6. The van der Waals surface area contributed by atoms with Gasteiger partial charge in [0.15, 0.2) is 0 Å². The van der Waals surface area contributed by atoms with E-state index in [9.17, 15) is 4.79 Å². The van der Waals surface area contributed by atoms with Crippen LogP contribution in [0.5, 0.6) is 0 Å². The predicted octanol–water partition coefficient (Wildman–Crippen LogP) is 2.53. The molecule has 0 spiro atoms. The smallest absolute Gasteiger partial charge is 0.239 e. The molecule has 2 rings (SSSR count). The van der Waals surface area contributed by atoms with Crippen LogP contribution in [0.2, 0.25) is 0 Å². The fraction of sp³-hybridized carbons (Fsp3) is 0.562. The van der Waals surface area contributed by atoms with Crippen LogP contribution in [-0.2, 0) is 9.53 Å². The third-order valence-electron chi connectivity index (χ3n) is 3.34. The fourth-order valence-corrected chi connectivity index (χ4v) is 3.57. The van der Waals surface area contributed by atoms with Gasteiger partial charge in [-0.1, -0.05) is 19.1 Å². The predicted molar refractivity (Wildman–Crippen MR) is 88.1 cm³/mol. The van der Waals surface area contributed by atoms with E-state index in [1.807, 2.05) is 24.8 Å². The second-order valence-corrected chi connectivity index (χ2v) is 6.66. The summed E-state index contributed by atoms with van der Waals surface area (Å²) in [5.41, 5.74) is 1.17. The number of ether oxygens (including phenoxy) is 1. The maximum absolute atomic E-state index is 12.1. The molecular formula is C16H24N2O2S. The molecule has 1 aliphatic rings. The Balaban J connectivity index is 1.83. The summed E-state index contributed by atoms with van der Waals surface area (Å²) < 4.78 is 5.26. The van der Waals surface area contributed by atoms with Crippen LogP contribution in [0, 0.1) is 0 Å². The molecule has 0 unspecified atom stereocenters. The first-order valence-electron chi connectivity index (χ1n) is 7.55. The average Bonchev–Trinajstić information content (AvgIpc) is 2.47. The first kappa shape index (κ1) is 16.2. The Hall–Kier alpha value is -1.20. The molecule has 116 valence electrons. The number of benzene rings is 1. The van der Waals surface area contributed by atoms with E-state index < -0.39 is 0 Å². The number of carbonyl (C=O) groups is 1. The van der Waals surface area contributed by atoms with Gasteiger partial charge in [-0.15, -0.1) is 11.8 Å². The zero-order chi connectivity index (χ0) is 15.1. The maximum atomic E-state index is 12.1. The van der Waals surface area contributed by atoms with Crippen LogP contribution in [0.1, 0.15) is 20.3 Å². The van der Waals surface area contributed by atoms with Crippen molar-refractivity contribution in [2.45, 2.75) is 30.4 Å². The number of para-hydroxylation sites is 1. The van der Waals surface area contributed by atoms with E-state index in [-0.39, 0.29) is 5.91 Å². The molecule has 1 heterocycles. The Kier molecular flexibility index (Phi) is 6.39. The summed E-state index contributed by atoms with van der Waals surface area (Å²) in [5, 5.41) is 3.47. The number of anilines is 1. The summed E-state index contributed by atoms with van der Waals surface area (Å²) in [7, 11) is 0. The molecule has 1 atom stereocenters. The lowest BCUT2D eigenvalue weighted by molar-refractivity contribution is -0.119. The first-order chi connectivity index (χ1) is 10.2. The Morgan fingerprint density at radius 1 is 1.48 bits per heavy atom. The van der Waals surface area contributed by atoms with E-state index in [2.05, 4.69) is 35.3 Å². The molecule has 0 bridgehead atoms. The van der Waals surface area contributed by atoms with E-state index in [0.29, 0.717) is 24.9 Å². The van der Waals surface area contributed by atoms with Crippen molar-refractivity contribution in [3.05, 3.63) is 24.3 Å². The minimum atomic E-state index is 0.0837. The summed E-state index contributed by atoms with van der Waals surface area (Å²) in [5.74, 6) is 0.0837. The number of hydrogen-bond donors (Lipinski definition) is 1. The Morgan fingerprint density at radius 2 is 2.29 bits per heavy atom. The lowest BCUT2D eigenvalue weighted by Gasteiger charge is -2.33. The molecule has 21 heavy (non-hydrogen) atoms. The van der Waals surface area contributed by atoms with Gasteiger partial charge in [-0.05, 0) is 25.5 Å². The highest BCUT2D eigenvalue weighted by atomic mass is 32.2.